The van der Waals surface area contributed by atoms with Crippen LogP contribution < -0.4 is 5.32 Å². The fraction of sp³-hybridized carbons (Fsp3) is 0.769. The number of esters is 2. The number of ether oxygens (including phenoxy) is 2. The molecule has 0 rings (SSSR count). The molecule has 3 atom stereocenters. The van der Waals surface area contributed by atoms with E-state index in [1.807, 2.05) is 0 Å². The Morgan fingerprint density at radius 1 is 1.14 bits per heavy atom. The summed E-state index contributed by atoms with van der Waals surface area (Å²) in [6, 6.07) is 0. The number of hydrogen-bond acceptors (Lipinski definition) is 7. The van der Waals surface area contributed by atoms with E-state index in [9.17, 15) is 18.9 Å². The molecule has 0 heterocycles. The maximum atomic E-state index is 12.8. The second kappa shape index (κ2) is 9.58. The van der Waals surface area contributed by atoms with E-state index in [4.69, 9.17) is 4.52 Å². The van der Waals surface area contributed by atoms with Crippen LogP contribution in [-0.4, -0.2) is 51.1 Å². The number of carbonyl (C=O) groups excluding carboxylic acids is 3. The van der Waals surface area contributed by atoms with Gasteiger partial charge >= 0.3 is 11.9 Å². The molecule has 0 saturated carbocycles. The van der Waals surface area contributed by atoms with Crippen molar-refractivity contribution < 1.29 is 32.9 Å². The summed E-state index contributed by atoms with van der Waals surface area (Å²) in [4.78, 5) is 34.1. The molecule has 0 bridgehead atoms. The monoisotopic (exact) mass is 337 g/mol. The molecule has 1 amide bonds. The van der Waals surface area contributed by atoms with Crippen LogP contribution in [0.15, 0.2) is 0 Å². The van der Waals surface area contributed by atoms with Crippen molar-refractivity contribution in [2.24, 2.45) is 5.92 Å². The summed E-state index contributed by atoms with van der Waals surface area (Å²) in [6.07, 6.45) is -0.0113. The molecule has 0 aliphatic heterocycles. The summed E-state index contributed by atoms with van der Waals surface area (Å²) in [5, 5.41) is 2.50. The van der Waals surface area contributed by atoms with E-state index >= 15 is 0 Å². The second-order valence-corrected chi connectivity index (χ2v) is 7.76. The molecule has 128 valence electrons. The molecule has 0 aliphatic rings. The number of rotatable bonds is 9. The van der Waals surface area contributed by atoms with Gasteiger partial charge in [0, 0.05) is 26.6 Å². The van der Waals surface area contributed by atoms with E-state index in [1.54, 1.807) is 6.92 Å². The van der Waals surface area contributed by atoms with Gasteiger partial charge in [-0.1, -0.05) is 0 Å². The van der Waals surface area contributed by atoms with Crippen LogP contribution in [0.5, 0.6) is 0 Å². The lowest BCUT2D eigenvalue weighted by Gasteiger charge is -2.26. The van der Waals surface area contributed by atoms with Gasteiger partial charge in [-0.3, -0.25) is 18.9 Å². The van der Waals surface area contributed by atoms with Crippen molar-refractivity contribution in [1.82, 2.24) is 5.32 Å². The number of amides is 1. The third-order valence-electron chi connectivity index (χ3n) is 3.25. The van der Waals surface area contributed by atoms with Crippen LogP contribution in [0, 0.1) is 5.92 Å². The van der Waals surface area contributed by atoms with Gasteiger partial charge in [-0.05, 0) is 13.3 Å². The topological polar surface area (TPSA) is 108 Å². The summed E-state index contributed by atoms with van der Waals surface area (Å²) < 4.78 is 27.1. The lowest BCUT2D eigenvalue weighted by atomic mass is 10.1. The molecule has 0 spiro atoms. The molecular formula is C13H24NO7P. The van der Waals surface area contributed by atoms with E-state index in [1.165, 1.54) is 28.3 Å². The molecular weight excluding hydrogens is 313 g/mol. The van der Waals surface area contributed by atoms with Gasteiger partial charge in [-0.25, -0.2) is 0 Å². The Morgan fingerprint density at radius 2 is 1.73 bits per heavy atom. The number of carbonyl (C=O) groups is 3. The third-order valence-corrected chi connectivity index (χ3v) is 6.12. The maximum Gasteiger partial charge on any atom is 0.309 e. The van der Waals surface area contributed by atoms with Crippen LogP contribution in [0.3, 0.4) is 0 Å². The summed E-state index contributed by atoms with van der Waals surface area (Å²) in [5.74, 6) is -2.95. The van der Waals surface area contributed by atoms with Crippen molar-refractivity contribution in [3.05, 3.63) is 0 Å². The highest BCUT2D eigenvalue weighted by Crippen LogP contribution is 2.52. The van der Waals surface area contributed by atoms with E-state index < -0.39 is 31.0 Å². The summed E-state index contributed by atoms with van der Waals surface area (Å²) >= 11 is 0. The Balaban J connectivity index is 5.06. The van der Waals surface area contributed by atoms with Gasteiger partial charge in [0.25, 0.3) is 0 Å². The van der Waals surface area contributed by atoms with Crippen LogP contribution >= 0.6 is 7.37 Å². The zero-order valence-electron chi connectivity index (χ0n) is 13.6. The lowest BCUT2D eigenvalue weighted by molar-refractivity contribution is -0.146. The molecule has 0 radical (unpaired) electrons. The first-order valence-corrected chi connectivity index (χ1v) is 8.64. The molecule has 9 heteroatoms. The van der Waals surface area contributed by atoms with Gasteiger partial charge in [0.1, 0.15) is 5.78 Å². The number of hydrogen-bond donors (Lipinski definition) is 1. The summed E-state index contributed by atoms with van der Waals surface area (Å²) in [6.45, 7) is 2.84. The number of methoxy groups -OCH3 is 2. The van der Waals surface area contributed by atoms with Gasteiger partial charge in [-0.15, -0.1) is 0 Å². The fourth-order valence-electron chi connectivity index (χ4n) is 1.93. The third kappa shape index (κ3) is 6.58. The molecule has 0 aromatic carbocycles. The average molecular weight is 337 g/mol. The number of nitrogens with one attached hydrogen (secondary N) is 1. The van der Waals surface area contributed by atoms with Crippen LogP contribution in [0.1, 0.15) is 26.7 Å². The van der Waals surface area contributed by atoms with Crippen molar-refractivity contribution in [3.8, 4) is 0 Å². The summed E-state index contributed by atoms with van der Waals surface area (Å²) in [5.41, 5.74) is 0. The van der Waals surface area contributed by atoms with Crippen molar-refractivity contribution in [2.45, 2.75) is 32.5 Å². The SMILES string of the molecule is COC(=O)CCC(CP(=O)(OC)C(C)NC(C)=O)C(=O)OC. The van der Waals surface area contributed by atoms with Crippen molar-refractivity contribution in [3.63, 3.8) is 0 Å². The normalized spacial score (nSPS) is 16.0. The smallest absolute Gasteiger partial charge is 0.309 e. The molecule has 3 unspecified atom stereocenters. The highest BCUT2D eigenvalue weighted by atomic mass is 31.2. The minimum absolute atomic E-state index is 0.00546. The van der Waals surface area contributed by atoms with Crippen LogP contribution in [0.25, 0.3) is 0 Å². The molecule has 0 aromatic rings. The van der Waals surface area contributed by atoms with Crippen LogP contribution in [0.4, 0.5) is 0 Å². The second-order valence-electron chi connectivity index (χ2n) is 4.80. The van der Waals surface area contributed by atoms with Gasteiger partial charge in [0.05, 0.1) is 20.1 Å². The van der Waals surface area contributed by atoms with E-state index in [0.29, 0.717) is 0 Å². The molecule has 8 nitrogen and oxygen atoms in total. The first-order valence-electron chi connectivity index (χ1n) is 6.76. The highest BCUT2D eigenvalue weighted by Gasteiger charge is 2.36. The molecule has 22 heavy (non-hydrogen) atoms. The lowest BCUT2D eigenvalue weighted by Crippen LogP contribution is -2.33. The molecule has 0 aliphatic carbocycles. The van der Waals surface area contributed by atoms with Crippen molar-refractivity contribution in [1.29, 1.82) is 0 Å². The first-order chi connectivity index (χ1) is 10.2. The predicted octanol–water partition coefficient (Wildman–Crippen LogP) is 1.14. The Labute approximate surface area is 130 Å². The van der Waals surface area contributed by atoms with Gasteiger partial charge < -0.3 is 19.3 Å². The minimum atomic E-state index is -3.32. The molecule has 0 fully saturated rings. The fourth-order valence-corrected chi connectivity index (χ4v) is 4.04. The standard InChI is InChI=1S/C13H24NO7P/c1-9(15)14-10(2)22(18,21-5)8-11(13(17)20-4)6-7-12(16)19-3/h10-11H,6-8H2,1-5H3,(H,14,15). The van der Waals surface area contributed by atoms with E-state index in [0.717, 1.165) is 0 Å². The average Bonchev–Trinajstić information content (AvgIpc) is 2.49. The van der Waals surface area contributed by atoms with Gasteiger partial charge in [-0.2, -0.15) is 0 Å². The molecule has 1 N–H and O–H groups in total. The summed E-state index contributed by atoms with van der Waals surface area (Å²) in [7, 11) is 0.391. The van der Waals surface area contributed by atoms with E-state index in [2.05, 4.69) is 14.8 Å². The highest BCUT2D eigenvalue weighted by molar-refractivity contribution is 7.59. The van der Waals surface area contributed by atoms with Crippen molar-refractivity contribution >= 4 is 25.2 Å². The first kappa shape index (κ1) is 20.6. The quantitative estimate of drug-likeness (QED) is 0.496. The van der Waals surface area contributed by atoms with Crippen molar-refractivity contribution in [2.75, 3.05) is 27.5 Å². The maximum absolute atomic E-state index is 12.8. The predicted molar refractivity (Wildman–Crippen MR) is 79.5 cm³/mol. The minimum Gasteiger partial charge on any atom is -0.469 e. The van der Waals surface area contributed by atoms with Crippen LogP contribution in [-0.2, 0) is 32.9 Å². The largest absolute Gasteiger partial charge is 0.469 e. The molecule has 0 aromatic heterocycles. The Bertz CT molecular complexity index is 452. The van der Waals surface area contributed by atoms with Crippen LogP contribution in [0.2, 0.25) is 0 Å². The Hall–Kier alpha value is -1.40. The Kier molecular flexibility index (Phi) is 8.97. The van der Waals surface area contributed by atoms with E-state index in [-0.39, 0.29) is 24.9 Å². The van der Waals surface area contributed by atoms with Gasteiger partial charge in [0.2, 0.25) is 13.3 Å². The van der Waals surface area contributed by atoms with Gasteiger partial charge in [0.15, 0.2) is 0 Å². The molecule has 0 saturated heterocycles. The Morgan fingerprint density at radius 3 is 2.14 bits per heavy atom. The zero-order chi connectivity index (χ0) is 17.3. The zero-order valence-corrected chi connectivity index (χ0v) is 14.5.